The second kappa shape index (κ2) is 19.7. The summed E-state index contributed by atoms with van der Waals surface area (Å²) in [5.41, 5.74) is 8.84. The largest absolute Gasteiger partial charge is 0.444 e. The first-order valence-corrected chi connectivity index (χ1v) is 19.6. The van der Waals surface area contributed by atoms with Crippen molar-refractivity contribution >= 4 is 63.2 Å². The monoisotopic (exact) mass is 820 g/mol. The van der Waals surface area contributed by atoms with E-state index >= 15 is 0 Å². The lowest BCUT2D eigenvalue weighted by atomic mass is 10.0. The number of urea groups is 1. The van der Waals surface area contributed by atoms with Crippen LogP contribution < -0.4 is 21.8 Å². The standard InChI is InChI=1S/C44H52N8O8/c1-29(47-42(58)49-22-24-50(25-23-49)43(59)60-44(3,4)5)40(56)46-30(2)41(57)48-52(28-37(45)53)39(55)21-20-38(54)51(26-33-16-10-14-31-12-6-8-18-35(31)33)27-34-17-11-15-32-13-7-9-19-36(32)34/h6-21,29-30H,22-28H2,1-5H3,(H2,45,53)(H,46,56)(H,47,58)(H,48,57)/b21-20+/t29-,30+/m1/s1. The molecule has 16 nitrogen and oxygen atoms in total. The molecule has 2 atom stereocenters. The fourth-order valence-corrected chi connectivity index (χ4v) is 6.54. The molecule has 0 spiro atoms. The van der Waals surface area contributed by atoms with Gasteiger partial charge in [-0.15, -0.1) is 0 Å². The molecule has 316 valence electrons. The number of piperazine rings is 1. The lowest BCUT2D eigenvalue weighted by molar-refractivity contribution is -0.142. The van der Waals surface area contributed by atoms with Gasteiger partial charge < -0.3 is 35.8 Å². The molecule has 4 aromatic rings. The summed E-state index contributed by atoms with van der Waals surface area (Å²) in [5.74, 6) is -3.94. The fraction of sp³-hybridized carbons (Fsp3) is 0.341. The lowest BCUT2D eigenvalue weighted by Crippen LogP contribution is -2.58. The van der Waals surface area contributed by atoms with E-state index in [1.807, 2.05) is 84.9 Å². The zero-order valence-electron chi connectivity index (χ0n) is 34.5. The number of fused-ring (bicyclic) bond motifs is 2. The van der Waals surface area contributed by atoms with E-state index in [0.29, 0.717) is 5.01 Å². The van der Waals surface area contributed by atoms with Gasteiger partial charge in [-0.3, -0.25) is 29.4 Å². The zero-order chi connectivity index (χ0) is 43.6. The highest BCUT2D eigenvalue weighted by Gasteiger charge is 2.30. The lowest BCUT2D eigenvalue weighted by Gasteiger charge is -2.36. The van der Waals surface area contributed by atoms with Crippen LogP contribution in [0, 0.1) is 0 Å². The second-order valence-corrected chi connectivity index (χ2v) is 15.5. The van der Waals surface area contributed by atoms with Crippen LogP contribution in [0.25, 0.3) is 21.5 Å². The van der Waals surface area contributed by atoms with Crippen molar-refractivity contribution in [2.75, 3.05) is 32.7 Å². The van der Waals surface area contributed by atoms with Crippen molar-refractivity contribution in [1.29, 1.82) is 0 Å². The Labute approximate surface area is 348 Å². The second-order valence-electron chi connectivity index (χ2n) is 15.5. The first-order valence-electron chi connectivity index (χ1n) is 19.6. The van der Waals surface area contributed by atoms with Crippen LogP contribution in [0.5, 0.6) is 0 Å². The number of amides is 8. The highest BCUT2D eigenvalue weighted by molar-refractivity contribution is 6.00. The summed E-state index contributed by atoms with van der Waals surface area (Å²) < 4.78 is 5.39. The molecule has 1 aliphatic rings. The van der Waals surface area contributed by atoms with Crippen molar-refractivity contribution in [1.82, 2.24) is 35.8 Å². The summed E-state index contributed by atoms with van der Waals surface area (Å²) in [6, 6.07) is 24.5. The summed E-state index contributed by atoms with van der Waals surface area (Å²) in [6.07, 6.45) is 1.54. The molecule has 4 aromatic carbocycles. The Morgan fingerprint density at radius 3 is 1.70 bits per heavy atom. The normalized spacial score (nSPS) is 13.9. The van der Waals surface area contributed by atoms with Crippen LogP contribution in [-0.2, 0) is 41.8 Å². The van der Waals surface area contributed by atoms with Crippen LogP contribution in [0.4, 0.5) is 9.59 Å². The maximum absolute atomic E-state index is 13.9. The summed E-state index contributed by atoms with van der Waals surface area (Å²) >= 11 is 0. The van der Waals surface area contributed by atoms with E-state index in [2.05, 4.69) is 16.1 Å². The molecule has 5 N–H and O–H groups in total. The van der Waals surface area contributed by atoms with Gasteiger partial charge in [0.2, 0.25) is 17.7 Å². The van der Waals surface area contributed by atoms with Gasteiger partial charge in [0.15, 0.2) is 0 Å². The van der Waals surface area contributed by atoms with Gasteiger partial charge in [0.05, 0.1) is 0 Å². The average Bonchev–Trinajstić information content (AvgIpc) is 3.21. The number of hydrazine groups is 1. The van der Waals surface area contributed by atoms with E-state index in [9.17, 15) is 33.6 Å². The molecule has 0 aromatic heterocycles. The molecule has 0 bridgehead atoms. The Morgan fingerprint density at radius 2 is 1.17 bits per heavy atom. The highest BCUT2D eigenvalue weighted by atomic mass is 16.6. The summed E-state index contributed by atoms with van der Waals surface area (Å²) in [4.78, 5) is 95.4. The van der Waals surface area contributed by atoms with Crippen molar-refractivity contribution in [3.05, 3.63) is 108 Å². The third kappa shape index (κ3) is 12.0. The van der Waals surface area contributed by atoms with Gasteiger partial charge in [-0.2, -0.15) is 0 Å². The molecule has 5 rings (SSSR count). The van der Waals surface area contributed by atoms with Crippen molar-refractivity contribution < 1.29 is 38.3 Å². The third-order valence-corrected chi connectivity index (χ3v) is 9.69. The van der Waals surface area contributed by atoms with Crippen LogP contribution in [-0.4, -0.2) is 112 Å². The summed E-state index contributed by atoms with van der Waals surface area (Å²) in [6.45, 7) is 8.71. The Bertz CT molecular complexity index is 2190. The minimum absolute atomic E-state index is 0.213. The van der Waals surface area contributed by atoms with Crippen molar-refractivity contribution in [2.24, 2.45) is 5.73 Å². The molecule has 0 aliphatic carbocycles. The van der Waals surface area contributed by atoms with Gasteiger partial charge in [0, 0.05) is 51.4 Å². The Kier molecular flexibility index (Phi) is 14.5. The Hall–Kier alpha value is -6.97. The minimum atomic E-state index is -1.24. The zero-order valence-corrected chi connectivity index (χ0v) is 34.5. The third-order valence-electron chi connectivity index (χ3n) is 9.69. The van der Waals surface area contributed by atoms with Gasteiger partial charge in [-0.25, -0.2) is 14.6 Å². The van der Waals surface area contributed by atoms with Crippen LogP contribution in [0.1, 0.15) is 45.7 Å². The van der Waals surface area contributed by atoms with E-state index in [4.69, 9.17) is 10.5 Å². The molecule has 0 radical (unpaired) electrons. The molecular weight excluding hydrogens is 769 g/mol. The fourth-order valence-electron chi connectivity index (χ4n) is 6.54. The molecular formula is C44H52N8O8. The van der Waals surface area contributed by atoms with E-state index in [1.165, 1.54) is 23.6 Å². The summed E-state index contributed by atoms with van der Waals surface area (Å²) in [7, 11) is 0. The van der Waals surface area contributed by atoms with Crippen LogP contribution >= 0.6 is 0 Å². The van der Waals surface area contributed by atoms with Crippen molar-refractivity contribution in [3.63, 3.8) is 0 Å². The minimum Gasteiger partial charge on any atom is -0.444 e. The predicted molar refractivity (Wildman–Crippen MR) is 225 cm³/mol. The number of rotatable bonds is 12. The summed E-state index contributed by atoms with van der Waals surface area (Å²) in [5, 5.41) is 9.67. The molecule has 8 amide bonds. The predicted octanol–water partition coefficient (Wildman–Crippen LogP) is 3.58. The van der Waals surface area contributed by atoms with Gasteiger partial charge in [-0.1, -0.05) is 84.9 Å². The maximum Gasteiger partial charge on any atom is 0.410 e. The molecule has 16 heteroatoms. The number of nitrogens with zero attached hydrogens (tertiary/aromatic N) is 4. The first kappa shape index (κ1) is 44.1. The number of primary amides is 1. The number of nitrogens with one attached hydrogen (secondary N) is 3. The topological polar surface area (TPSA) is 204 Å². The number of hydrogen-bond donors (Lipinski definition) is 4. The molecule has 1 saturated heterocycles. The van der Waals surface area contributed by atoms with E-state index in [-0.39, 0.29) is 39.3 Å². The van der Waals surface area contributed by atoms with Gasteiger partial charge in [0.1, 0.15) is 24.2 Å². The number of carbonyl (C=O) groups excluding carboxylic acids is 7. The van der Waals surface area contributed by atoms with E-state index in [0.717, 1.165) is 44.8 Å². The van der Waals surface area contributed by atoms with Crippen LogP contribution in [0.15, 0.2) is 97.1 Å². The molecule has 1 heterocycles. The van der Waals surface area contributed by atoms with Crippen molar-refractivity contribution in [3.8, 4) is 0 Å². The number of nitrogens with two attached hydrogens (primary N) is 1. The first-order chi connectivity index (χ1) is 28.5. The highest BCUT2D eigenvalue weighted by Crippen LogP contribution is 2.24. The van der Waals surface area contributed by atoms with Gasteiger partial charge in [0.25, 0.3) is 11.8 Å². The van der Waals surface area contributed by atoms with Gasteiger partial charge in [-0.05, 0) is 67.3 Å². The Morgan fingerprint density at radius 1 is 0.683 bits per heavy atom. The van der Waals surface area contributed by atoms with Crippen LogP contribution in [0.2, 0.25) is 0 Å². The SMILES string of the molecule is C[C@H](NC(=O)[C@@H](C)NC(=O)N1CCN(C(=O)OC(C)(C)C)CC1)C(=O)NN(CC(N)=O)C(=O)/C=C/C(=O)N(Cc1cccc2ccccc12)Cc1cccc2ccccc12. The van der Waals surface area contributed by atoms with E-state index < -0.39 is 65.9 Å². The Balaban J connectivity index is 1.21. The average molecular weight is 821 g/mol. The quantitative estimate of drug-likeness (QED) is 0.123. The van der Waals surface area contributed by atoms with Crippen molar-refractivity contribution in [2.45, 2.75) is 65.4 Å². The van der Waals surface area contributed by atoms with Crippen LogP contribution in [0.3, 0.4) is 0 Å². The smallest absolute Gasteiger partial charge is 0.410 e. The maximum atomic E-state index is 13.9. The number of ether oxygens (including phenoxy) is 1. The molecule has 1 fully saturated rings. The number of carbonyl (C=O) groups is 7. The molecule has 1 aliphatic heterocycles. The number of benzene rings is 4. The molecule has 0 unspecified atom stereocenters. The molecule has 60 heavy (non-hydrogen) atoms. The number of hydrogen-bond acceptors (Lipinski definition) is 8. The van der Waals surface area contributed by atoms with Gasteiger partial charge >= 0.3 is 12.1 Å². The van der Waals surface area contributed by atoms with E-state index in [1.54, 1.807) is 25.7 Å². The molecule has 0 saturated carbocycles.